The molecule has 1 aromatic carbocycles. The third kappa shape index (κ3) is 4.84. The molecule has 2 aromatic heterocycles. The van der Waals surface area contributed by atoms with E-state index in [0.717, 1.165) is 16.7 Å². The Labute approximate surface area is 197 Å². The molecule has 0 saturated carbocycles. The first kappa shape index (κ1) is 23.5. The number of nitrogens with one attached hydrogen (secondary N) is 1. The van der Waals surface area contributed by atoms with Gasteiger partial charge in [0.25, 0.3) is 5.91 Å². The third-order valence-electron chi connectivity index (χ3n) is 5.89. The highest BCUT2D eigenvalue weighted by Gasteiger charge is 2.33. The molecule has 1 saturated heterocycles. The summed E-state index contributed by atoms with van der Waals surface area (Å²) in [5.74, 6) is -0.0272. The van der Waals surface area contributed by atoms with E-state index in [1.807, 2.05) is 35.9 Å². The molecule has 1 aliphatic rings. The van der Waals surface area contributed by atoms with Gasteiger partial charge >= 0.3 is 10.2 Å². The molecule has 9 nitrogen and oxygen atoms in total. The number of benzene rings is 1. The fourth-order valence-corrected chi connectivity index (χ4v) is 5.33. The average molecular weight is 492 g/mol. The van der Waals surface area contributed by atoms with Crippen molar-refractivity contribution in [1.29, 1.82) is 0 Å². The Morgan fingerprint density at radius 2 is 1.97 bits per heavy atom. The molecule has 0 unspecified atom stereocenters. The second kappa shape index (κ2) is 8.60. The maximum Gasteiger partial charge on any atom is 0.304 e. The SMILES string of the molecule is Cc1nn(C)c(-n2ccc3cc(Cl)ccc32)c1/C=C/C(=O)NS(=O)(=O)N1CCC(C)(O)CC1. The largest absolute Gasteiger partial charge is 0.390 e. The minimum atomic E-state index is -4.00. The van der Waals surface area contributed by atoms with E-state index in [-0.39, 0.29) is 13.1 Å². The van der Waals surface area contributed by atoms with Crippen LogP contribution in [0.2, 0.25) is 5.02 Å². The van der Waals surface area contributed by atoms with Crippen LogP contribution in [0.3, 0.4) is 0 Å². The number of hydrogen-bond acceptors (Lipinski definition) is 5. The first-order valence-electron chi connectivity index (χ1n) is 10.5. The van der Waals surface area contributed by atoms with Crippen molar-refractivity contribution in [3.8, 4) is 5.82 Å². The molecule has 3 aromatic rings. The number of aliphatic hydroxyl groups is 1. The van der Waals surface area contributed by atoms with Crippen LogP contribution in [0.15, 0.2) is 36.5 Å². The van der Waals surface area contributed by atoms with Gasteiger partial charge in [0.15, 0.2) is 0 Å². The summed E-state index contributed by atoms with van der Waals surface area (Å²) in [7, 11) is -2.19. The van der Waals surface area contributed by atoms with Gasteiger partial charge in [-0.2, -0.15) is 17.8 Å². The molecule has 1 fully saturated rings. The van der Waals surface area contributed by atoms with Gasteiger partial charge in [0.2, 0.25) is 0 Å². The first-order valence-corrected chi connectivity index (χ1v) is 12.3. The number of amides is 1. The summed E-state index contributed by atoms with van der Waals surface area (Å²) in [6.45, 7) is 3.79. The molecule has 0 atom stereocenters. The Bertz CT molecular complexity index is 1350. The van der Waals surface area contributed by atoms with E-state index in [9.17, 15) is 18.3 Å². The van der Waals surface area contributed by atoms with Crippen molar-refractivity contribution in [3.63, 3.8) is 0 Å². The minimum Gasteiger partial charge on any atom is -0.390 e. The van der Waals surface area contributed by atoms with Gasteiger partial charge in [-0.1, -0.05) is 11.6 Å². The Kier molecular flexibility index (Phi) is 6.12. The van der Waals surface area contributed by atoms with Crippen LogP contribution in [0.1, 0.15) is 31.0 Å². The standard InChI is InChI=1S/C22H26ClN5O4S/c1-15-18(5-7-20(29)25-33(31,32)27-12-9-22(2,30)10-13-27)21(26(3)24-15)28-11-8-16-14-17(23)4-6-19(16)28/h4-8,11,14,30H,9-10,12-13H2,1-3H3,(H,25,29)/b7-5+. The minimum absolute atomic E-state index is 0.149. The predicted molar refractivity (Wildman–Crippen MR) is 127 cm³/mol. The van der Waals surface area contributed by atoms with Gasteiger partial charge in [-0.05, 0) is 57.0 Å². The topological polar surface area (TPSA) is 109 Å². The van der Waals surface area contributed by atoms with E-state index in [1.54, 1.807) is 30.8 Å². The quantitative estimate of drug-likeness (QED) is 0.533. The van der Waals surface area contributed by atoms with Gasteiger partial charge in [0, 0.05) is 48.4 Å². The fourth-order valence-electron chi connectivity index (χ4n) is 4.03. The summed E-state index contributed by atoms with van der Waals surface area (Å²) in [6.07, 6.45) is 5.27. The van der Waals surface area contributed by atoms with Crippen molar-refractivity contribution in [3.05, 3.63) is 52.8 Å². The van der Waals surface area contributed by atoms with Crippen molar-refractivity contribution in [2.45, 2.75) is 32.3 Å². The summed E-state index contributed by atoms with van der Waals surface area (Å²) in [6, 6.07) is 7.51. The molecule has 0 aliphatic carbocycles. The highest BCUT2D eigenvalue weighted by atomic mass is 35.5. The van der Waals surface area contributed by atoms with Gasteiger partial charge in [0.05, 0.1) is 16.8 Å². The number of rotatable bonds is 5. The van der Waals surface area contributed by atoms with E-state index in [0.29, 0.717) is 29.1 Å². The summed E-state index contributed by atoms with van der Waals surface area (Å²) in [4.78, 5) is 12.5. The number of nitrogens with zero attached hydrogens (tertiary/aromatic N) is 4. The van der Waals surface area contributed by atoms with Gasteiger partial charge in [-0.3, -0.25) is 9.48 Å². The van der Waals surface area contributed by atoms with Crippen LogP contribution in [0.25, 0.3) is 22.8 Å². The molecule has 176 valence electrons. The molecule has 2 N–H and O–H groups in total. The number of carbonyl (C=O) groups is 1. The summed E-state index contributed by atoms with van der Waals surface area (Å²) >= 11 is 6.10. The van der Waals surface area contributed by atoms with Crippen LogP contribution in [0, 0.1) is 6.92 Å². The molecular formula is C22H26ClN5O4S. The van der Waals surface area contributed by atoms with Crippen LogP contribution < -0.4 is 4.72 Å². The van der Waals surface area contributed by atoms with Crippen molar-refractivity contribution in [2.75, 3.05) is 13.1 Å². The second-order valence-corrected chi connectivity index (χ2v) is 10.6. The number of fused-ring (bicyclic) bond motifs is 1. The first-order chi connectivity index (χ1) is 15.5. The lowest BCUT2D eigenvalue weighted by atomic mass is 9.95. The molecule has 4 rings (SSSR count). The van der Waals surface area contributed by atoms with Crippen molar-refractivity contribution in [1.82, 2.24) is 23.4 Å². The zero-order valence-corrected chi connectivity index (χ0v) is 20.2. The fraction of sp³-hybridized carbons (Fsp3) is 0.364. The molecule has 0 bridgehead atoms. The lowest BCUT2D eigenvalue weighted by Crippen LogP contribution is -2.50. The molecule has 0 radical (unpaired) electrons. The van der Waals surface area contributed by atoms with Gasteiger partial charge in [-0.15, -0.1) is 0 Å². The molecule has 0 spiro atoms. The van der Waals surface area contributed by atoms with Crippen LogP contribution in [0.5, 0.6) is 0 Å². The number of carbonyl (C=O) groups excluding carboxylic acids is 1. The van der Waals surface area contributed by atoms with Gasteiger partial charge in [-0.25, -0.2) is 4.72 Å². The maximum absolute atomic E-state index is 12.6. The Balaban J connectivity index is 1.57. The smallest absolute Gasteiger partial charge is 0.304 e. The zero-order valence-electron chi connectivity index (χ0n) is 18.6. The Morgan fingerprint density at radius 1 is 1.27 bits per heavy atom. The summed E-state index contributed by atoms with van der Waals surface area (Å²) < 4.78 is 32.0. The molecule has 1 aliphatic heterocycles. The van der Waals surface area contributed by atoms with E-state index >= 15 is 0 Å². The number of aromatic nitrogens is 3. The van der Waals surface area contributed by atoms with E-state index in [1.165, 1.54) is 10.4 Å². The number of piperidine rings is 1. The van der Waals surface area contributed by atoms with Crippen LogP contribution in [-0.2, 0) is 22.1 Å². The predicted octanol–water partition coefficient (Wildman–Crippen LogP) is 2.55. The van der Waals surface area contributed by atoms with Crippen molar-refractivity contribution < 1.29 is 18.3 Å². The second-order valence-electron chi connectivity index (χ2n) is 8.54. The van der Waals surface area contributed by atoms with E-state index in [2.05, 4.69) is 9.82 Å². The van der Waals surface area contributed by atoms with Crippen LogP contribution in [-0.4, -0.2) is 56.8 Å². The number of hydrogen-bond donors (Lipinski definition) is 2. The molecule has 3 heterocycles. The third-order valence-corrected chi connectivity index (χ3v) is 7.63. The highest BCUT2D eigenvalue weighted by molar-refractivity contribution is 7.87. The molecular weight excluding hydrogens is 466 g/mol. The van der Waals surface area contributed by atoms with Crippen molar-refractivity contribution >= 4 is 44.7 Å². The Hall–Kier alpha value is -2.66. The molecule has 33 heavy (non-hydrogen) atoms. The summed E-state index contributed by atoms with van der Waals surface area (Å²) in [5.41, 5.74) is 1.41. The number of halogens is 1. The lowest BCUT2D eigenvalue weighted by molar-refractivity contribution is -0.114. The van der Waals surface area contributed by atoms with E-state index in [4.69, 9.17) is 11.6 Å². The van der Waals surface area contributed by atoms with E-state index < -0.39 is 21.7 Å². The van der Waals surface area contributed by atoms with Crippen LogP contribution >= 0.6 is 11.6 Å². The van der Waals surface area contributed by atoms with Crippen LogP contribution in [0.4, 0.5) is 0 Å². The molecule has 11 heteroatoms. The maximum atomic E-state index is 12.6. The zero-order chi connectivity index (χ0) is 24.0. The highest BCUT2D eigenvalue weighted by Crippen LogP contribution is 2.27. The number of aryl methyl sites for hydroxylation is 2. The molecule has 1 amide bonds. The average Bonchev–Trinajstić information content (AvgIpc) is 3.24. The van der Waals surface area contributed by atoms with Crippen molar-refractivity contribution in [2.24, 2.45) is 7.05 Å². The normalized spacial score (nSPS) is 17.1. The van der Waals surface area contributed by atoms with Gasteiger partial charge < -0.3 is 9.67 Å². The van der Waals surface area contributed by atoms with Gasteiger partial charge in [0.1, 0.15) is 5.82 Å². The lowest BCUT2D eigenvalue weighted by Gasteiger charge is -2.34. The Morgan fingerprint density at radius 3 is 2.67 bits per heavy atom. The summed E-state index contributed by atoms with van der Waals surface area (Å²) in [5, 5.41) is 16.1. The monoisotopic (exact) mass is 491 g/mol.